The summed E-state index contributed by atoms with van der Waals surface area (Å²) in [5.74, 6) is 0. The molecule has 10 aromatic carbocycles. The van der Waals surface area contributed by atoms with E-state index in [1.54, 1.807) is 0 Å². The van der Waals surface area contributed by atoms with Gasteiger partial charge in [-0.1, -0.05) is 158 Å². The van der Waals surface area contributed by atoms with Gasteiger partial charge in [-0.2, -0.15) is 0 Å². The molecule has 0 atom stereocenters. The maximum absolute atomic E-state index is 6.85. The van der Waals surface area contributed by atoms with Gasteiger partial charge in [0.05, 0.1) is 11.2 Å². The van der Waals surface area contributed by atoms with Crippen LogP contribution in [0.15, 0.2) is 180 Å². The first-order valence-electron chi connectivity index (χ1n) is 18.2. The second-order valence-corrected chi connectivity index (χ2v) is 14.2. The number of aromatic nitrogens is 1. The Kier molecular flexibility index (Phi) is 5.80. The number of hydrogen-bond acceptors (Lipinski definition) is 2. The van der Waals surface area contributed by atoms with E-state index in [1.807, 2.05) is 0 Å². The lowest BCUT2D eigenvalue weighted by atomic mass is 9.89. The zero-order chi connectivity index (χ0) is 34.6. The quantitative estimate of drug-likeness (QED) is 0.171. The summed E-state index contributed by atoms with van der Waals surface area (Å²) in [6.45, 7) is 0. The van der Waals surface area contributed by atoms with Crippen molar-refractivity contribution in [3.63, 3.8) is 0 Å². The molecule has 244 valence electrons. The zero-order valence-electron chi connectivity index (χ0n) is 28.6. The van der Waals surface area contributed by atoms with Crippen LogP contribution in [-0.2, 0) is 0 Å². The fraction of sp³-hybridized carbons (Fsp3) is 0. The second kappa shape index (κ2) is 10.7. The molecule has 2 heteroatoms. The highest BCUT2D eigenvalue weighted by Crippen LogP contribution is 2.46. The first kappa shape index (κ1) is 28.6. The van der Waals surface area contributed by atoms with Gasteiger partial charge in [-0.25, -0.2) is 4.98 Å². The fourth-order valence-electron chi connectivity index (χ4n) is 9.06. The third-order valence-electron chi connectivity index (χ3n) is 11.4. The Morgan fingerprint density at radius 1 is 0.340 bits per heavy atom. The van der Waals surface area contributed by atoms with Gasteiger partial charge in [0.2, 0.25) is 0 Å². The SMILES string of the molecule is c1cc(-c2nc3c4ccccc4c4ccccc4c3c3c2ccc2ccccc23)cc(-c2cc3ccccc3c3c2oc2ccc4ccccc4c23)c1. The van der Waals surface area contributed by atoms with E-state index in [-0.39, 0.29) is 0 Å². The molecule has 0 amide bonds. The number of furan rings is 1. The molecule has 2 nitrogen and oxygen atoms in total. The summed E-state index contributed by atoms with van der Waals surface area (Å²) in [5, 5.41) is 18.1. The summed E-state index contributed by atoms with van der Waals surface area (Å²) >= 11 is 0. The monoisotopic (exact) mass is 671 g/mol. The molecule has 2 heterocycles. The van der Waals surface area contributed by atoms with E-state index in [1.165, 1.54) is 70.0 Å². The Labute approximate surface area is 304 Å². The van der Waals surface area contributed by atoms with Crippen LogP contribution in [0.2, 0.25) is 0 Å². The molecule has 0 saturated carbocycles. The van der Waals surface area contributed by atoms with E-state index in [0.717, 1.165) is 49.8 Å². The Bertz CT molecular complexity index is 3510. The van der Waals surface area contributed by atoms with Crippen molar-refractivity contribution in [1.82, 2.24) is 4.98 Å². The molecule has 53 heavy (non-hydrogen) atoms. The molecule has 12 aromatic rings. The highest BCUT2D eigenvalue weighted by molar-refractivity contribution is 6.35. The van der Waals surface area contributed by atoms with Gasteiger partial charge in [-0.3, -0.25) is 0 Å². The van der Waals surface area contributed by atoms with E-state index in [0.29, 0.717) is 0 Å². The summed E-state index contributed by atoms with van der Waals surface area (Å²) in [6, 6.07) is 63.5. The minimum absolute atomic E-state index is 0.903. The van der Waals surface area contributed by atoms with Crippen LogP contribution in [0.3, 0.4) is 0 Å². The Hall–Kier alpha value is -7.03. The first-order chi connectivity index (χ1) is 26.3. The molecule has 0 spiro atoms. The molecule has 0 radical (unpaired) electrons. The lowest BCUT2D eigenvalue weighted by molar-refractivity contribution is 0.670. The molecule has 0 N–H and O–H groups in total. The Morgan fingerprint density at radius 3 is 1.66 bits per heavy atom. The number of rotatable bonds is 2. The van der Waals surface area contributed by atoms with E-state index in [4.69, 9.17) is 9.40 Å². The van der Waals surface area contributed by atoms with Crippen molar-refractivity contribution in [2.75, 3.05) is 0 Å². The molecule has 0 fully saturated rings. The van der Waals surface area contributed by atoms with Crippen LogP contribution in [0.4, 0.5) is 0 Å². The highest BCUT2D eigenvalue weighted by Gasteiger charge is 2.21. The highest BCUT2D eigenvalue weighted by atomic mass is 16.3. The summed E-state index contributed by atoms with van der Waals surface area (Å²) < 4.78 is 6.85. The summed E-state index contributed by atoms with van der Waals surface area (Å²) in [5.41, 5.74) is 7.07. The largest absolute Gasteiger partial charge is 0.455 e. The molecule has 12 rings (SSSR count). The van der Waals surface area contributed by atoms with Crippen LogP contribution in [0.5, 0.6) is 0 Å². The number of pyridine rings is 1. The van der Waals surface area contributed by atoms with Crippen molar-refractivity contribution in [3.8, 4) is 22.4 Å². The lowest BCUT2D eigenvalue weighted by Gasteiger charge is -2.17. The Morgan fingerprint density at radius 2 is 0.906 bits per heavy atom. The third kappa shape index (κ3) is 4.01. The number of fused-ring (bicyclic) bond motifs is 17. The van der Waals surface area contributed by atoms with Gasteiger partial charge in [0.25, 0.3) is 0 Å². The average molecular weight is 672 g/mol. The maximum atomic E-state index is 6.85. The van der Waals surface area contributed by atoms with Crippen molar-refractivity contribution < 1.29 is 4.42 Å². The molecule has 0 aliphatic carbocycles. The normalized spacial score (nSPS) is 12.2. The van der Waals surface area contributed by atoms with E-state index in [9.17, 15) is 0 Å². The van der Waals surface area contributed by atoms with Gasteiger partial charge >= 0.3 is 0 Å². The van der Waals surface area contributed by atoms with Gasteiger partial charge in [-0.05, 0) is 72.2 Å². The zero-order valence-corrected chi connectivity index (χ0v) is 28.6. The van der Waals surface area contributed by atoms with Crippen LogP contribution in [0.25, 0.3) is 120 Å². The van der Waals surface area contributed by atoms with Gasteiger partial charge in [0, 0.05) is 43.4 Å². The molecule has 0 saturated heterocycles. The van der Waals surface area contributed by atoms with Crippen molar-refractivity contribution in [2.24, 2.45) is 0 Å². The second-order valence-electron chi connectivity index (χ2n) is 14.2. The van der Waals surface area contributed by atoms with Crippen molar-refractivity contribution in [2.45, 2.75) is 0 Å². The number of nitrogens with zero attached hydrogens (tertiary/aromatic N) is 1. The summed E-state index contributed by atoms with van der Waals surface area (Å²) in [7, 11) is 0. The smallest absolute Gasteiger partial charge is 0.143 e. The van der Waals surface area contributed by atoms with Gasteiger partial charge in [0.1, 0.15) is 11.2 Å². The van der Waals surface area contributed by atoms with Gasteiger partial charge < -0.3 is 4.42 Å². The summed E-state index contributed by atoms with van der Waals surface area (Å²) in [4.78, 5) is 5.65. The summed E-state index contributed by atoms with van der Waals surface area (Å²) in [6.07, 6.45) is 0. The minimum Gasteiger partial charge on any atom is -0.455 e. The molecule has 0 aliphatic heterocycles. The molecular weight excluding hydrogens is 643 g/mol. The predicted molar refractivity (Wildman–Crippen MR) is 225 cm³/mol. The molecular formula is C51H29NO. The van der Waals surface area contributed by atoms with Gasteiger partial charge in [0.15, 0.2) is 0 Å². The third-order valence-corrected chi connectivity index (χ3v) is 11.4. The predicted octanol–water partition coefficient (Wildman–Crippen LogP) is 14.4. The standard InChI is InChI=1S/C51H29NO/c1-4-17-35-30(12-1)24-26-42-45(35)47-40-22-9-7-20-38(40)39-21-8-10-23-41(39)50(47)52-49(42)34-16-11-15-32(28-34)43-29-33-14-3-6-19-37(33)48-46-36-18-5-2-13-31(36)25-27-44(46)53-51(43)48/h1-29H. The number of benzene rings is 10. The lowest BCUT2D eigenvalue weighted by Crippen LogP contribution is -1.94. The first-order valence-corrected chi connectivity index (χ1v) is 18.2. The van der Waals surface area contributed by atoms with Crippen molar-refractivity contribution in [3.05, 3.63) is 176 Å². The van der Waals surface area contributed by atoms with Crippen LogP contribution >= 0.6 is 0 Å². The van der Waals surface area contributed by atoms with Crippen LogP contribution < -0.4 is 0 Å². The van der Waals surface area contributed by atoms with Crippen LogP contribution in [0.1, 0.15) is 0 Å². The fourth-order valence-corrected chi connectivity index (χ4v) is 9.06. The maximum Gasteiger partial charge on any atom is 0.143 e. The molecule has 2 aromatic heterocycles. The van der Waals surface area contributed by atoms with Crippen molar-refractivity contribution in [1.29, 1.82) is 0 Å². The van der Waals surface area contributed by atoms with Crippen LogP contribution in [0, 0.1) is 0 Å². The van der Waals surface area contributed by atoms with Crippen LogP contribution in [-0.4, -0.2) is 4.98 Å². The van der Waals surface area contributed by atoms with Gasteiger partial charge in [-0.15, -0.1) is 0 Å². The Balaban J connectivity index is 1.20. The van der Waals surface area contributed by atoms with Crippen molar-refractivity contribution >= 4 is 97.5 Å². The average Bonchev–Trinajstić information content (AvgIpc) is 3.64. The molecule has 0 bridgehead atoms. The van der Waals surface area contributed by atoms with E-state index < -0.39 is 0 Å². The topological polar surface area (TPSA) is 26.0 Å². The van der Waals surface area contributed by atoms with E-state index in [2.05, 4.69) is 176 Å². The number of hydrogen-bond donors (Lipinski definition) is 0. The molecule has 0 unspecified atom stereocenters. The van der Waals surface area contributed by atoms with E-state index >= 15 is 0 Å². The molecule has 0 aliphatic rings. The minimum atomic E-state index is 0.903.